The Morgan fingerprint density at radius 2 is 2.44 bits per heavy atom. The maximum Gasteiger partial charge on any atom is 0.251 e. The monoisotopic (exact) mass is 268 g/mol. The van der Waals surface area contributed by atoms with Gasteiger partial charge in [-0.3, -0.25) is 9.59 Å². The highest BCUT2D eigenvalue weighted by molar-refractivity contribution is 7.99. The highest BCUT2D eigenvalue weighted by Gasteiger charge is 2.48. The summed E-state index contributed by atoms with van der Waals surface area (Å²) in [6, 6.07) is 1.35. The van der Waals surface area contributed by atoms with Crippen LogP contribution in [0.15, 0.2) is 22.2 Å². The van der Waals surface area contributed by atoms with E-state index < -0.39 is 5.54 Å². The molecule has 2 rings (SSSR count). The fourth-order valence-corrected chi connectivity index (χ4v) is 3.17. The van der Waals surface area contributed by atoms with E-state index in [9.17, 15) is 9.59 Å². The number of thioether (sulfide) groups is 1. The van der Waals surface area contributed by atoms with Gasteiger partial charge in [0.2, 0.25) is 5.91 Å². The van der Waals surface area contributed by atoms with Crippen molar-refractivity contribution < 1.29 is 4.79 Å². The average molecular weight is 268 g/mol. The number of primary amides is 1. The first-order valence-corrected chi connectivity index (χ1v) is 6.74. The number of rotatable bonds is 6. The van der Waals surface area contributed by atoms with Gasteiger partial charge in [0.1, 0.15) is 5.54 Å². The molecule has 0 saturated heterocycles. The van der Waals surface area contributed by atoms with Gasteiger partial charge < -0.3 is 16.0 Å². The first-order valence-electron chi connectivity index (χ1n) is 5.75. The summed E-state index contributed by atoms with van der Waals surface area (Å²) in [5.41, 5.74) is 4.60. The lowest BCUT2D eigenvalue weighted by atomic mass is 9.95. The van der Waals surface area contributed by atoms with Gasteiger partial charge in [0.05, 0.1) is 0 Å². The summed E-state index contributed by atoms with van der Waals surface area (Å²) in [5.74, 6) is 0.400. The molecule has 1 heterocycles. The Balaban J connectivity index is 2.10. The van der Waals surface area contributed by atoms with E-state index in [0.717, 1.165) is 12.8 Å². The predicted octanol–water partition coefficient (Wildman–Crippen LogP) is -0.284. The normalized spacial score (nSPS) is 18.3. The molecule has 18 heavy (non-hydrogen) atoms. The fourth-order valence-electron chi connectivity index (χ4n) is 1.97. The molecule has 0 bridgehead atoms. The van der Waals surface area contributed by atoms with Crippen molar-refractivity contribution in [2.24, 2.45) is 11.7 Å². The standard InChI is InChI=1S/C11H16N4O2S/c1-13-11(9(12)17,7-2-3-7)6-18-10-14-5-4-8(16)15-10/h4-5,7,13H,2-3,6H2,1H3,(H2,12,17)(H,14,15,16). The molecule has 1 aliphatic rings. The summed E-state index contributed by atoms with van der Waals surface area (Å²) < 4.78 is 0. The van der Waals surface area contributed by atoms with Crippen LogP contribution in [0, 0.1) is 5.92 Å². The Morgan fingerprint density at radius 3 is 2.94 bits per heavy atom. The lowest BCUT2D eigenvalue weighted by Gasteiger charge is -2.29. The summed E-state index contributed by atoms with van der Waals surface area (Å²) in [6.45, 7) is 0. The minimum atomic E-state index is -0.709. The van der Waals surface area contributed by atoms with Crippen molar-refractivity contribution in [2.45, 2.75) is 23.5 Å². The molecule has 1 aliphatic carbocycles. The molecule has 1 atom stereocenters. The minimum absolute atomic E-state index is 0.201. The molecule has 6 nitrogen and oxygen atoms in total. The van der Waals surface area contributed by atoms with Gasteiger partial charge in [-0.1, -0.05) is 11.8 Å². The number of amides is 1. The van der Waals surface area contributed by atoms with Gasteiger partial charge in [0, 0.05) is 18.0 Å². The van der Waals surface area contributed by atoms with E-state index in [2.05, 4.69) is 15.3 Å². The van der Waals surface area contributed by atoms with Crippen LogP contribution in [0.1, 0.15) is 12.8 Å². The minimum Gasteiger partial charge on any atom is -0.368 e. The second-order valence-electron chi connectivity index (χ2n) is 4.39. The van der Waals surface area contributed by atoms with Gasteiger partial charge in [-0.2, -0.15) is 0 Å². The van der Waals surface area contributed by atoms with Crippen molar-refractivity contribution in [3.05, 3.63) is 22.6 Å². The number of nitrogens with one attached hydrogen (secondary N) is 2. The van der Waals surface area contributed by atoms with E-state index >= 15 is 0 Å². The van der Waals surface area contributed by atoms with Gasteiger partial charge in [0.15, 0.2) is 5.16 Å². The van der Waals surface area contributed by atoms with E-state index in [1.807, 2.05) is 0 Å². The van der Waals surface area contributed by atoms with Crippen LogP contribution in [-0.4, -0.2) is 34.2 Å². The van der Waals surface area contributed by atoms with Crippen molar-refractivity contribution in [3.8, 4) is 0 Å². The molecule has 4 N–H and O–H groups in total. The number of H-pyrrole nitrogens is 1. The third-order valence-corrected chi connectivity index (χ3v) is 4.33. The van der Waals surface area contributed by atoms with E-state index in [-0.39, 0.29) is 17.4 Å². The van der Waals surface area contributed by atoms with Gasteiger partial charge >= 0.3 is 0 Å². The highest BCUT2D eigenvalue weighted by atomic mass is 32.2. The molecule has 0 aliphatic heterocycles. The Hall–Kier alpha value is -1.34. The van der Waals surface area contributed by atoms with Gasteiger partial charge in [-0.15, -0.1) is 0 Å². The number of hydrogen-bond acceptors (Lipinski definition) is 5. The van der Waals surface area contributed by atoms with Crippen LogP contribution in [0.4, 0.5) is 0 Å². The SMILES string of the molecule is CNC(CSc1nccc(=O)[nH]1)(C(N)=O)C1CC1. The zero-order chi connectivity index (χ0) is 13.2. The van der Waals surface area contributed by atoms with E-state index in [0.29, 0.717) is 10.9 Å². The van der Waals surface area contributed by atoms with Gasteiger partial charge in [-0.05, 0) is 25.8 Å². The second kappa shape index (κ2) is 5.11. The number of hydrogen-bond donors (Lipinski definition) is 3. The summed E-state index contributed by atoms with van der Waals surface area (Å²) >= 11 is 1.33. The van der Waals surface area contributed by atoms with Crippen LogP contribution in [0.2, 0.25) is 0 Å². The Kier molecular flexibility index (Phi) is 3.72. The predicted molar refractivity (Wildman–Crippen MR) is 69.3 cm³/mol. The van der Waals surface area contributed by atoms with Crippen LogP contribution in [0.25, 0.3) is 0 Å². The molecular formula is C11H16N4O2S. The lowest BCUT2D eigenvalue weighted by Crippen LogP contribution is -2.57. The lowest BCUT2D eigenvalue weighted by molar-refractivity contribution is -0.124. The van der Waals surface area contributed by atoms with Gasteiger partial charge in [0.25, 0.3) is 5.56 Å². The number of likely N-dealkylation sites (N-methyl/N-ethyl adjacent to an activating group) is 1. The molecule has 1 amide bonds. The summed E-state index contributed by atoms with van der Waals surface area (Å²) in [6.07, 6.45) is 3.45. The first-order chi connectivity index (χ1) is 8.58. The summed E-state index contributed by atoms with van der Waals surface area (Å²) in [5, 5.41) is 3.55. The summed E-state index contributed by atoms with van der Waals surface area (Å²) in [7, 11) is 1.74. The maximum absolute atomic E-state index is 11.7. The quantitative estimate of drug-likeness (QED) is 0.486. The van der Waals surface area contributed by atoms with Crippen LogP contribution < -0.4 is 16.6 Å². The third-order valence-electron chi connectivity index (χ3n) is 3.24. The van der Waals surface area contributed by atoms with Crippen molar-refractivity contribution in [3.63, 3.8) is 0 Å². The van der Waals surface area contributed by atoms with Gasteiger partial charge in [-0.25, -0.2) is 4.98 Å². The number of nitrogens with two attached hydrogens (primary N) is 1. The molecule has 1 unspecified atom stereocenters. The smallest absolute Gasteiger partial charge is 0.251 e. The molecule has 7 heteroatoms. The van der Waals surface area contributed by atoms with E-state index in [1.54, 1.807) is 7.05 Å². The second-order valence-corrected chi connectivity index (χ2v) is 5.35. The number of nitrogens with zero attached hydrogens (tertiary/aromatic N) is 1. The van der Waals surface area contributed by atoms with Crippen molar-refractivity contribution in [2.75, 3.05) is 12.8 Å². The molecule has 1 aromatic heterocycles. The zero-order valence-corrected chi connectivity index (χ0v) is 10.9. The number of carbonyl (C=O) groups excluding carboxylic acids is 1. The zero-order valence-electron chi connectivity index (χ0n) is 10.1. The Labute approximate surface area is 109 Å². The molecule has 0 spiro atoms. The average Bonchev–Trinajstić information content (AvgIpc) is 3.15. The van der Waals surface area contributed by atoms with E-state index in [4.69, 9.17) is 5.73 Å². The van der Waals surface area contributed by atoms with E-state index in [1.165, 1.54) is 24.0 Å². The Morgan fingerprint density at radius 1 is 1.72 bits per heavy atom. The van der Waals surface area contributed by atoms with Crippen LogP contribution in [-0.2, 0) is 4.79 Å². The maximum atomic E-state index is 11.7. The first kappa shape index (κ1) is 13.1. The number of aromatic nitrogens is 2. The van der Waals surface area contributed by atoms with Crippen molar-refractivity contribution in [1.29, 1.82) is 0 Å². The third kappa shape index (κ3) is 2.56. The Bertz CT molecular complexity index is 500. The van der Waals surface area contributed by atoms with Crippen molar-refractivity contribution >= 4 is 17.7 Å². The van der Waals surface area contributed by atoms with Crippen molar-refractivity contribution in [1.82, 2.24) is 15.3 Å². The molecule has 0 radical (unpaired) electrons. The van der Waals surface area contributed by atoms with Crippen LogP contribution in [0.3, 0.4) is 0 Å². The molecule has 1 fully saturated rings. The molecule has 1 aromatic rings. The summed E-state index contributed by atoms with van der Waals surface area (Å²) in [4.78, 5) is 29.5. The molecular weight excluding hydrogens is 252 g/mol. The topological polar surface area (TPSA) is 101 Å². The fraction of sp³-hybridized carbons (Fsp3) is 0.545. The number of carbonyl (C=O) groups is 1. The molecule has 98 valence electrons. The number of aromatic amines is 1. The molecule has 0 aromatic carbocycles. The van der Waals surface area contributed by atoms with Crippen LogP contribution >= 0.6 is 11.8 Å². The highest BCUT2D eigenvalue weighted by Crippen LogP contribution is 2.41. The molecule has 1 saturated carbocycles. The van der Waals surface area contributed by atoms with Crippen LogP contribution in [0.5, 0.6) is 0 Å². The largest absolute Gasteiger partial charge is 0.368 e.